The van der Waals surface area contributed by atoms with Crippen LogP contribution in [0.2, 0.25) is 0 Å². The summed E-state index contributed by atoms with van der Waals surface area (Å²) in [7, 11) is 0. The fraction of sp³-hybridized carbons (Fsp3) is 0.400. The summed E-state index contributed by atoms with van der Waals surface area (Å²) < 4.78 is 5.58. The number of rotatable bonds is 2. The van der Waals surface area contributed by atoms with Crippen LogP contribution in [0.25, 0.3) is 11.2 Å². The number of hydrogen-bond donors (Lipinski definition) is 1. The van der Waals surface area contributed by atoms with E-state index in [-0.39, 0.29) is 0 Å². The molecule has 2 aromatic rings. The van der Waals surface area contributed by atoms with E-state index in [2.05, 4.69) is 9.97 Å². The lowest BCUT2D eigenvalue weighted by Crippen LogP contribution is -1.98. The Balaban J connectivity index is 2.12. The third-order valence-corrected chi connectivity index (χ3v) is 2.46. The molecule has 2 N–H and O–H groups in total. The van der Waals surface area contributed by atoms with Gasteiger partial charge >= 0.3 is 0 Å². The molecular formula is C10H11N3O. The fourth-order valence-corrected chi connectivity index (χ4v) is 1.49. The van der Waals surface area contributed by atoms with Crippen LogP contribution in [0.15, 0.2) is 16.5 Å². The van der Waals surface area contributed by atoms with Gasteiger partial charge in [0.15, 0.2) is 17.1 Å². The summed E-state index contributed by atoms with van der Waals surface area (Å²) in [5.74, 6) is 1.37. The molecule has 0 spiro atoms. The smallest absolute Gasteiger partial charge is 0.200 e. The maximum atomic E-state index is 5.58. The Morgan fingerprint density at radius 2 is 2.21 bits per heavy atom. The monoisotopic (exact) mass is 189 g/mol. The molecule has 0 unspecified atom stereocenters. The van der Waals surface area contributed by atoms with Gasteiger partial charge in [-0.2, -0.15) is 4.98 Å². The average molecular weight is 189 g/mol. The average Bonchev–Trinajstić information content (AvgIpc) is 2.97. The molecule has 14 heavy (non-hydrogen) atoms. The Morgan fingerprint density at radius 1 is 1.36 bits per heavy atom. The molecule has 0 bridgehead atoms. The van der Waals surface area contributed by atoms with Crippen LogP contribution in [0.5, 0.6) is 0 Å². The number of nitrogens with zero attached hydrogens (tertiary/aromatic N) is 2. The quantitative estimate of drug-likeness (QED) is 0.778. The lowest BCUT2D eigenvalue weighted by atomic mass is 10.3. The van der Waals surface area contributed by atoms with Crippen LogP contribution in [0.3, 0.4) is 0 Å². The van der Waals surface area contributed by atoms with Crippen molar-refractivity contribution in [1.29, 1.82) is 0 Å². The lowest BCUT2D eigenvalue weighted by molar-refractivity contribution is 0.533. The molecule has 4 heteroatoms. The number of nitrogens with two attached hydrogens (primary N) is 1. The van der Waals surface area contributed by atoms with Gasteiger partial charge in [0.2, 0.25) is 0 Å². The van der Waals surface area contributed by atoms with Gasteiger partial charge in [0.1, 0.15) is 0 Å². The molecule has 1 fully saturated rings. The summed E-state index contributed by atoms with van der Waals surface area (Å²) in [4.78, 5) is 8.64. The number of hydrogen-bond acceptors (Lipinski definition) is 4. The summed E-state index contributed by atoms with van der Waals surface area (Å²) in [5.41, 5.74) is 7.81. The van der Waals surface area contributed by atoms with Gasteiger partial charge in [-0.05, 0) is 25.0 Å². The maximum Gasteiger partial charge on any atom is 0.200 e. The highest BCUT2D eigenvalue weighted by Gasteiger charge is 2.29. The van der Waals surface area contributed by atoms with Gasteiger partial charge in [-0.1, -0.05) is 0 Å². The molecule has 0 atom stereocenters. The Labute approximate surface area is 81.1 Å². The van der Waals surface area contributed by atoms with Crippen LogP contribution >= 0.6 is 0 Å². The van der Waals surface area contributed by atoms with E-state index in [1.807, 2.05) is 12.1 Å². The first-order valence-electron chi connectivity index (χ1n) is 4.83. The second-order valence-corrected chi connectivity index (χ2v) is 3.65. The molecule has 3 rings (SSSR count). The SMILES string of the molecule is NCc1ccc2oc(C3CC3)nc2n1. The molecule has 2 aromatic heterocycles. The highest BCUT2D eigenvalue weighted by molar-refractivity contribution is 5.67. The molecule has 1 saturated carbocycles. The van der Waals surface area contributed by atoms with Gasteiger partial charge in [-0.15, -0.1) is 0 Å². The molecule has 0 saturated heterocycles. The first-order valence-corrected chi connectivity index (χ1v) is 4.83. The van der Waals surface area contributed by atoms with E-state index in [9.17, 15) is 0 Å². The Morgan fingerprint density at radius 3 is 2.93 bits per heavy atom. The van der Waals surface area contributed by atoms with Crippen molar-refractivity contribution in [2.75, 3.05) is 0 Å². The van der Waals surface area contributed by atoms with Crippen LogP contribution in [-0.4, -0.2) is 9.97 Å². The topological polar surface area (TPSA) is 64.9 Å². The summed E-state index contributed by atoms with van der Waals surface area (Å²) in [6.45, 7) is 0.446. The number of oxazole rings is 1. The molecule has 2 heterocycles. The summed E-state index contributed by atoms with van der Waals surface area (Å²) in [5, 5.41) is 0. The normalized spacial score (nSPS) is 16.4. The highest BCUT2D eigenvalue weighted by atomic mass is 16.3. The predicted octanol–water partition coefficient (Wildman–Crippen LogP) is 1.56. The van der Waals surface area contributed by atoms with Crippen molar-refractivity contribution < 1.29 is 4.42 Å². The third-order valence-electron chi connectivity index (χ3n) is 2.46. The highest BCUT2D eigenvalue weighted by Crippen LogP contribution is 2.40. The largest absolute Gasteiger partial charge is 0.439 e. The van der Waals surface area contributed by atoms with E-state index in [0.29, 0.717) is 18.1 Å². The Bertz CT molecular complexity index is 473. The molecular weight excluding hydrogens is 178 g/mol. The van der Waals surface area contributed by atoms with E-state index in [1.165, 1.54) is 12.8 Å². The van der Waals surface area contributed by atoms with E-state index < -0.39 is 0 Å². The Hall–Kier alpha value is -1.42. The second-order valence-electron chi connectivity index (χ2n) is 3.65. The van der Waals surface area contributed by atoms with Crippen molar-refractivity contribution >= 4 is 11.2 Å². The summed E-state index contributed by atoms with van der Waals surface area (Å²) in [6.07, 6.45) is 2.38. The van der Waals surface area contributed by atoms with E-state index in [1.54, 1.807) is 0 Å². The molecule has 1 aliphatic rings. The number of aromatic nitrogens is 2. The van der Waals surface area contributed by atoms with Crippen molar-refractivity contribution in [3.05, 3.63) is 23.7 Å². The van der Waals surface area contributed by atoms with Crippen LogP contribution in [0.1, 0.15) is 30.3 Å². The number of fused-ring (bicyclic) bond motifs is 1. The third kappa shape index (κ3) is 1.19. The first kappa shape index (κ1) is 7.94. The van der Waals surface area contributed by atoms with Crippen molar-refractivity contribution in [3.8, 4) is 0 Å². The molecule has 1 aliphatic carbocycles. The minimum Gasteiger partial charge on any atom is -0.439 e. The summed E-state index contributed by atoms with van der Waals surface area (Å²) in [6, 6.07) is 3.77. The van der Waals surface area contributed by atoms with Gasteiger partial charge < -0.3 is 10.2 Å². The van der Waals surface area contributed by atoms with Crippen LogP contribution in [0, 0.1) is 0 Å². The minimum atomic E-state index is 0.446. The summed E-state index contributed by atoms with van der Waals surface area (Å²) >= 11 is 0. The molecule has 4 nitrogen and oxygen atoms in total. The lowest BCUT2D eigenvalue weighted by Gasteiger charge is -1.91. The molecule has 0 amide bonds. The molecule has 0 aromatic carbocycles. The second kappa shape index (κ2) is 2.78. The van der Waals surface area contributed by atoms with Crippen LogP contribution in [-0.2, 0) is 6.54 Å². The van der Waals surface area contributed by atoms with Gasteiger partial charge in [-0.3, -0.25) is 0 Å². The predicted molar refractivity (Wildman–Crippen MR) is 51.7 cm³/mol. The van der Waals surface area contributed by atoms with Gasteiger partial charge in [0.05, 0.1) is 5.69 Å². The molecule has 0 radical (unpaired) electrons. The van der Waals surface area contributed by atoms with Crippen molar-refractivity contribution in [1.82, 2.24) is 9.97 Å². The maximum absolute atomic E-state index is 5.58. The van der Waals surface area contributed by atoms with E-state index >= 15 is 0 Å². The first-order chi connectivity index (χ1) is 6.86. The molecule has 0 aliphatic heterocycles. The standard InChI is InChI=1S/C10H11N3O/c11-5-7-3-4-8-9(12-7)13-10(14-8)6-1-2-6/h3-4,6H,1-2,5,11H2. The number of pyridine rings is 1. The van der Waals surface area contributed by atoms with Gasteiger partial charge in [0.25, 0.3) is 0 Å². The molecule has 72 valence electrons. The Kier molecular flexibility index (Phi) is 1.58. The van der Waals surface area contributed by atoms with Crippen molar-refractivity contribution in [2.45, 2.75) is 25.3 Å². The van der Waals surface area contributed by atoms with Gasteiger partial charge in [-0.25, -0.2) is 4.98 Å². The van der Waals surface area contributed by atoms with E-state index in [4.69, 9.17) is 10.2 Å². The fourth-order valence-electron chi connectivity index (χ4n) is 1.49. The zero-order valence-electron chi connectivity index (χ0n) is 7.73. The zero-order chi connectivity index (χ0) is 9.54. The van der Waals surface area contributed by atoms with E-state index in [0.717, 1.165) is 17.2 Å². The zero-order valence-corrected chi connectivity index (χ0v) is 7.73. The van der Waals surface area contributed by atoms with Gasteiger partial charge in [0, 0.05) is 12.5 Å². The minimum absolute atomic E-state index is 0.446. The van der Waals surface area contributed by atoms with Crippen LogP contribution in [0.4, 0.5) is 0 Å². The van der Waals surface area contributed by atoms with Crippen molar-refractivity contribution in [2.24, 2.45) is 5.73 Å². The van der Waals surface area contributed by atoms with Crippen molar-refractivity contribution in [3.63, 3.8) is 0 Å². The van der Waals surface area contributed by atoms with Crippen LogP contribution < -0.4 is 5.73 Å².